The number of primary amides is 1. The van der Waals surface area contributed by atoms with Crippen molar-refractivity contribution in [3.63, 3.8) is 0 Å². The molecule has 0 aromatic heterocycles. The first-order chi connectivity index (χ1) is 7.02. The third-order valence-corrected chi connectivity index (χ3v) is 2.05. The van der Waals surface area contributed by atoms with Crippen molar-refractivity contribution in [3.8, 4) is 0 Å². The Labute approximate surface area is 87.0 Å². The highest BCUT2D eigenvalue weighted by molar-refractivity contribution is 5.95. The van der Waals surface area contributed by atoms with Gasteiger partial charge >= 0.3 is 5.97 Å². The zero-order valence-corrected chi connectivity index (χ0v) is 8.23. The van der Waals surface area contributed by atoms with E-state index in [0.717, 1.165) is 6.08 Å². The molecule has 4 heteroatoms. The van der Waals surface area contributed by atoms with E-state index in [4.69, 9.17) is 10.8 Å². The molecular formula is C11H11NO3. The monoisotopic (exact) mass is 205 g/mol. The highest BCUT2D eigenvalue weighted by Gasteiger charge is 2.06. The van der Waals surface area contributed by atoms with E-state index in [9.17, 15) is 9.59 Å². The summed E-state index contributed by atoms with van der Waals surface area (Å²) in [6, 6.07) is 4.99. The van der Waals surface area contributed by atoms with Crippen LogP contribution in [-0.4, -0.2) is 17.0 Å². The van der Waals surface area contributed by atoms with E-state index in [-0.39, 0.29) is 0 Å². The molecule has 0 bridgehead atoms. The van der Waals surface area contributed by atoms with E-state index < -0.39 is 11.9 Å². The van der Waals surface area contributed by atoms with Crippen LogP contribution in [-0.2, 0) is 4.79 Å². The Hall–Kier alpha value is -2.10. The second-order valence-electron chi connectivity index (χ2n) is 3.06. The molecule has 0 aliphatic rings. The fourth-order valence-electron chi connectivity index (χ4n) is 1.26. The molecule has 0 fully saturated rings. The summed E-state index contributed by atoms with van der Waals surface area (Å²) in [5.74, 6) is -1.54. The highest BCUT2D eigenvalue weighted by atomic mass is 16.4. The molecule has 0 aliphatic heterocycles. The Morgan fingerprint density at radius 1 is 1.40 bits per heavy atom. The summed E-state index contributed by atoms with van der Waals surface area (Å²) in [7, 11) is 0. The number of hydrogen-bond donors (Lipinski definition) is 2. The van der Waals surface area contributed by atoms with Gasteiger partial charge in [-0.1, -0.05) is 12.1 Å². The molecule has 1 aromatic rings. The molecule has 0 unspecified atom stereocenters. The topological polar surface area (TPSA) is 80.4 Å². The SMILES string of the molecule is Cc1c(C=CC(=O)O)cccc1C(N)=O. The number of carboxylic acid groups (broad SMARTS) is 1. The summed E-state index contributed by atoms with van der Waals surface area (Å²) in [6.45, 7) is 1.72. The van der Waals surface area contributed by atoms with E-state index >= 15 is 0 Å². The minimum atomic E-state index is -1.03. The maximum atomic E-state index is 11.0. The zero-order chi connectivity index (χ0) is 11.4. The van der Waals surface area contributed by atoms with Gasteiger partial charge in [-0.2, -0.15) is 0 Å². The van der Waals surface area contributed by atoms with Gasteiger partial charge in [0.15, 0.2) is 0 Å². The number of rotatable bonds is 3. The van der Waals surface area contributed by atoms with Crippen LogP contribution >= 0.6 is 0 Å². The number of carbonyl (C=O) groups is 2. The minimum Gasteiger partial charge on any atom is -0.478 e. The predicted octanol–water partition coefficient (Wildman–Crippen LogP) is 1.19. The van der Waals surface area contributed by atoms with Gasteiger partial charge in [-0.15, -0.1) is 0 Å². The van der Waals surface area contributed by atoms with Crippen molar-refractivity contribution in [1.29, 1.82) is 0 Å². The lowest BCUT2D eigenvalue weighted by atomic mass is 10.0. The highest BCUT2D eigenvalue weighted by Crippen LogP contribution is 2.14. The molecule has 0 radical (unpaired) electrons. The van der Waals surface area contributed by atoms with E-state index in [1.54, 1.807) is 25.1 Å². The maximum Gasteiger partial charge on any atom is 0.328 e. The molecule has 4 nitrogen and oxygen atoms in total. The van der Waals surface area contributed by atoms with Crippen LogP contribution < -0.4 is 5.73 Å². The van der Waals surface area contributed by atoms with Crippen molar-refractivity contribution in [2.24, 2.45) is 5.73 Å². The number of benzene rings is 1. The van der Waals surface area contributed by atoms with Crippen LogP contribution in [0.2, 0.25) is 0 Å². The largest absolute Gasteiger partial charge is 0.478 e. The van der Waals surface area contributed by atoms with Crippen molar-refractivity contribution in [3.05, 3.63) is 41.0 Å². The third-order valence-electron chi connectivity index (χ3n) is 2.05. The average Bonchev–Trinajstić information content (AvgIpc) is 2.15. The summed E-state index contributed by atoms with van der Waals surface area (Å²) in [4.78, 5) is 21.3. The molecule has 0 atom stereocenters. The summed E-state index contributed by atoms with van der Waals surface area (Å²) >= 11 is 0. The molecule has 0 heterocycles. The van der Waals surface area contributed by atoms with Crippen molar-refractivity contribution < 1.29 is 14.7 Å². The molecule has 0 saturated carbocycles. The molecule has 1 rings (SSSR count). The van der Waals surface area contributed by atoms with Gasteiger partial charge in [0.25, 0.3) is 0 Å². The van der Waals surface area contributed by atoms with Crippen LogP contribution in [0.15, 0.2) is 24.3 Å². The van der Waals surface area contributed by atoms with Crippen molar-refractivity contribution >= 4 is 18.0 Å². The van der Waals surface area contributed by atoms with Crippen LogP contribution in [0, 0.1) is 6.92 Å². The molecule has 3 N–H and O–H groups in total. The van der Waals surface area contributed by atoms with Gasteiger partial charge in [0.1, 0.15) is 0 Å². The molecule has 1 amide bonds. The lowest BCUT2D eigenvalue weighted by molar-refractivity contribution is -0.131. The first-order valence-electron chi connectivity index (χ1n) is 4.33. The zero-order valence-electron chi connectivity index (χ0n) is 8.23. The van der Waals surface area contributed by atoms with Gasteiger partial charge in [-0.3, -0.25) is 4.79 Å². The molecule has 1 aromatic carbocycles. The van der Waals surface area contributed by atoms with Crippen molar-refractivity contribution in [2.75, 3.05) is 0 Å². The van der Waals surface area contributed by atoms with Crippen LogP contribution in [0.4, 0.5) is 0 Å². The van der Waals surface area contributed by atoms with Crippen molar-refractivity contribution in [2.45, 2.75) is 6.92 Å². The van der Waals surface area contributed by atoms with E-state index in [1.807, 2.05) is 0 Å². The normalized spacial score (nSPS) is 10.5. The van der Waals surface area contributed by atoms with Gasteiger partial charge < -0.3 is 10.8 Å². The fourth-order valence-corrected chi connectivity index (χ4v) is 1.26. The number of carbonyl (C=O) groups excluding carboxylic acids is 1. The molecule has 78 valence electrons. The summed E-state index contributed by atoms with van der Waals surface area (Å²) < 4.78 is 0. The molecular weight excluding hydrogens is 194 g/mol. The average molecular weight is 205 g/mol. The van der Waals surface area contributed by atoms with E-state index in [0.29, 0.717) is 16.7 Å². The molecule has 0 aliphatic carbocycles. The number of nitrogens with two attached hydrogens (primary N) is 1. The Morgan fingerprint density at radius 2 is 2.07 bits per heavy atom. The maximum absolute atomic E-state index is 11.0. The number of amides is 1. The predicted molar refractivity (Wildman–Crippen MR) is 56.4 cm³/mol. The van der Waals surface area contributed by atoms with Crippen LogP contribution in [0.5, 0.6) is 0 Å². The Morgan fingerprint density at radius 3 is 2.60 bits per heavy atom. The third kappa shape index (κ3) is 2.67. The first-order valence-corrected chi connectivity index (χ1v) is 4.33. The van der Waals surface area contributed by atoms with E-state index in [1.165, 1.54) is 6.08 Å². The lowest BCUT2D eigenvalue weighted by Crippen LogP contribution is -2.13. The van der Waals surface area contributed by atoms with E-state index in [2.05, 4.69) is 0 Å². The van der Waals surface area contributed by atoms with Crippen LogP contribution in [0.3, 0.4) is 0 Å². The summed E-state index contributed by atoms with van der Waals surface area (Å²) in [5.41, 5.74) is 6.92. The molecule has 0 spiro atoms. The Bertz CT molecular complexity index is 435. The summed E-state index contributed by atoms with van der Waals surface area (Å²) in [6.07, 6.45) is 2.46. The van der Waals surface area contributed by atoms with Crippen molar-refractivity contribution in [1.82, 2.24) is 0 Å². The minimum absolute atomic E-state index is 0.405. The quantitative estimate of drug-likeness (QED) is 0.727. The van der Waals surface area contributed by atoms with Crippen LogP contribution in [0.1, 0.15) is 21.5 Å². The van der Waals surface area contributed by atoms with Gasteiger partial charge in [-0.25, -0.2) is 4.79 Å². The first kappa shape index (κ1) is 11.0. The van der Waals surface area contributed by atoms with Crippen LogP contribution in [0.25, 0.3) is 6.08 Å². The standard InChI is InChI=1S/C11H11NO3/c1-7-8(5-6-10(13)14)3-2-4-9(7)11(12)15/h2-6H,1H3,(H2,12,15)(H,13,14). The second-order valence-corrected chi connectivity index (χ2v) is 3.06. The van der Waals surface area contributed by atoms with Gasteiger partial charge in [0.05, 0.1) is 0 Å². The van der Waals surface area contributed by atoms with Gasteiger partial charge in [0, 0.05) is 11.6 Å². The molecule has 0 saturated heterocycles. The lowest BCUT2D eigenvalue weighted by Gasteiger charge is -2.04. The Kier molecular flexibility index (Phi) is 3.23. The summed E-state index contributed by atoms with van der Waals surface area (Å²) in [5, 5.41) is 8.47. The second kappa shape index (κ2) is 4.41. The Balaban J connectivity index is 3.15. The number of hydrogen-bond acceptors (Lipinski definition) is 2. The van der Waals surface area contributed by atoms with Gasteiger partial charge in [-0.05, 0) is 30.2 Å². The number of aliphatic carboxylic acids is 1. The smallest absolute Gasteiger partial charge is 0.328 e. The molecule has 15 heavy (non-hydrogen) atoms. The van der Waals surface area contributed by atoms with Gasteiger partial charge in [0.2, 0.25) is 5.91 Å². The number of carboxylic acids is 1. The fraction of sp³-hybridized carbons (Fsp3) is 0.0909.